The molecule has 0 aliphatic rings. The van der Waals surface area contributed by atoms with Crippen molar-refractivity contribution >= 4 is 21.6 Å². The van der Waals surface area contributed by atoms with Crippen molar-refractivity contribution in [1.29, 1.82) is 0 Å². The molecule has 0 spiro atoms. The number of sulfonamides is 1. The zero-order chi connectivity index (χ0) is 15.3. The maximum atomic E-state index is 12.0. The van der Waals surface area contributed by atoms with Crippen LogP contribution in [0.1, 0.15) is 20.8 Å². The Labute approximate surface area is 120 Å². The van der Waals surface area contributed by atoms with E-state index in [0.29, 0.717) is 17.8 Å². The van der Waals surface area contributed by atoms with E-state index in [-0.39, 0.29) is 16.7 Å². The quantitative estimate of drug-likeness (QED) is 0.790. The summed E-state index contributed by atoms with van der Waals surface area (Å²) < 4.78 is 26.5. The van der Waals surface area contributed by atoms with Gasteiger partial charge in [-0.3, -0.25) is 4.79 Å². The largest absolute Gasteiger partial charge is 0.322 e. The summed E-state index contributed by atoms with van der Waals surface area (Å²) in [7, 11) is -3.50. The van der Waals surface area contributed by atoms with Crippen molar-refractivity contribution in [3.8, 4) is 0 Å². The lowest BCUT2D eigenvalue weighted by atomic mass is 10.2. The zero-order valence-corrected chi connectivity index (χ0v) is 12.8. The van der Waals surface area contributed by atoms with E-state index in [1.807, 2.05) is 13.8 Å². The second-order valence-corrected chi connectivity index (χ2v) is 6.77. The van der Waals surface area contributed by atoms with E-state index >= 15 is 0 Å². The lowest BCUT2D eigenvalue weighted by Gasteiger charge is -2.10. The molecule has 20 heavy (non-hydrogen) atoms. The molecule has 0 aliphatic heterocycles. The highest BCUT2D eigenvalue weighted by Crippen LogP contribution is 2.14. The van der Waals surface area contributed by atoms with Gasteiger partial charge in [-0.1, -0.05) is 20.4 Å². The van der Waals surface area contributed by atoms with Gasteiger partial charge in [0.05, 0.1) is 4.90 Å². The van der Waals surface area contributed by atoms with Gasteiger partial charge in [0.25, 0.3) is 5.91 Å². The fourth-order valence-corrected chi connectivity index (χ4v) is 2.53. The van der Waals surface area contributed by atoms with Crippen LogP contribution in [-0.2, 0) is 14.8 Å². The standard InChI is InChI=1S/C14H20N2O3S/c1-10(2)9-15-20(18,19)13-7-5-12(6-8-13)16-14(17)11(3)4/h5-8,10,15H,3,9H2,1-2,4H3,(H,16,17). The van der Waals surface area contributed by atoms with Crippen LogP contribution in [0.5, 0.6) is 0 Å². The number of benzene rings is 1. The molecule has 110 valence electrons. The Kier molecular flexibility index (Phi) is 5.47. The van der Waals surface area contributed by atoms with Gasteiger partial charge in [0.15, 0.2) is 0 Å². The molecule has 0 saturated heterocycles. The summed E-state index contributed by atoms with van der Waals surface area (Å²) in [5.41, 5.74) is 0.918. The van der Waals surface area contributed by atoms with E-state index in [4.69, 9.17) is 0 Å². The van der Waals surface area contributed by atoms with Crippen LogP contribution in [0.3, 0.4) is 0 Å². The highest BCUT2D eigenvalue weighted by Gasteiger charge is 2.14. The average Bonchev–Trinajstić information content (AvgIpc) is 2.37. The summed E-state index contributed by atoms with van der Waals surface area (Å²) in [6.45, 7) is 9.38. The fourth-order valence-electron chi connectivity index (χ4n) is 1.31. The Morgan fingerprint density at radius 3 is 2.25 bits per heavy atom. The predicted molar refractivity (Wildman–Crippen MR) is 79.9 cm³/mol. The molecule has 0 bridgehead atoms. The molecule has 1 aromatic rings. The number of rotatable bonds is 6. The Morgan fingerprint density at radius 1 is 1.25 bits per heavy atom. The molecule has 6 heteroatoms. The highest BCUT2D eigenvalue weighted by molar-refractivity contribution is 7.89. The van der Waals surface area contributed by atoms with Gasteiger partial charge >= 0.3 is 0 Å². The van der Waals surface area contributed by atoms with Crippen LogP contribution in [0.2, 0.25) is 0 Å². The van der Waals surface area contributed by atoms with Crippen LogP contribution in [-0.4, -0.2) is 20.9 Å². The molecule has 1 aromatic carbocycles. The molecule has 5 nitrogen and oxygen atoms in total. The van der Waals surface area contributed by atoms with Crippen molar-refractivity contribution in [2.75, 3.05) is 11.9 Å². The minimum atomic E-state index is -3.50. The van der Waals surface area contributed by atoms with Gasteiger partial charge in [-0.05, 0) is 37.1 Å². The number of amides is 1. The van der Waals surface area contributed by atoms with Crippen LogP contribution >= 0.6 is 0 Å². The number of carbonyl (C=O) groups excluding carboxylic acids is 1. The molecular weight excluding hydrogens is 276 g/mol. The molecule has 1 amide bonds. The maximum Gasteiger partial charge on any atom is 0.250 e. The first-order valence-electron chi connectivity index (χ1n) is 6.29. The number of nitrogens with one attached hydrogen (secondary N) is 2. The Hall–Kier alpha value is -1.66. The molecule has 0 aromatic heterocycles. The molecule has 2 N–H and O–H groups in total. The number of hydrogen-bond donors (Lipinski definition) is 2. The molecule has 0 heterocycles. The van der Waals surface area contributed by atoms with Crippen molar-refractivity contribution in [3.05, 3.63) is 36.4 Å². The van der Waals surface area contributed by atoms with Gasteiger partial charge in [0.2, 0.25) is 10.0 Å². The predicted octanol–water partition coefficient (Wildman–Crippen LogP) is 2.14. The smallest absolute Gasteiger partial charge is 0.250 e. The number of carbonyl (C=O) groups is 1. The summed E-state index contributed by atoms with van der Waals surface area (Å²) in [6.07, 6.45) is 0. The van der Waals surface area contributed by atoms with E-state index in [9.17, 15) is 13.2 Å². The summed E-state index contributed by atoms with van der Waals surface area (Å²) in [5.74, 6) is -0.0579. The van der Waals surface area contributed by atoms with Gasteiger partial charge in [-0.2, -0.15) is 0 Å². The molecule has 1 rings (SSSR count). The first kappa shape index (κ1) is 16.4. The van der Waals surface area contributed by atoms with Crippen molar-refractivity contribution in [1.82, 2.24) is 4.72 Å². The first-order valence-corrected chi connectivity index (χ1v) is 7.77. The molecule has 0 aliphatic carbocycles. The third-order valence-corrected chi connectivity index (χ3v) is 3.93. The zero-order valence-electron chi connectivity index (χ0n) is 11.9. The fraction of sp³-hybridized carbons (Fsp3) is 0.357. The summed E-state index contributed by atoms with van der Waals surface area (Å²) in [4.78, 5) is 11.6. The van der Waals surface area contributed by atoms with Crippen LogP contribution < -0.4 is 10.0 Å². The van der Waals surface area contributed by atoms with Crippen molar-refractivity contribution in [2.24, 2.45) is 5.92 Å². The molecule has 0 radical (unpaired) electrons. The number of hydrogen-bond acceptors (Lipinski definition) is 3. The van der Waals surface area contributed by atoms with Crippen molar-refractivity contribution in [3.63, 3.8) is 0 Å². The third-order valence-electron chi connectivity index (χ3n) is 2.49. The summed E-state index contributed by atoms with van der Waals surface area (Å²) >= 11 is 0. The summed E-state index contributed by atoms with van der Waals surface area (Å²) in [6, 6.07) is 6.00. The van der Waals surface area contributed by atoms with Gasteiger partial charge in [0, 0.05) is 17.8 Å². The van der Waals surface area contributed by atoms with E-state index in [1.54, 1.807) is 19.1 Å². The van der Waals surface area contributed by atoms with E-state index < -0.39 is 10.0 Å². The van der Waals surface area contributed by atoms with Gasteiger partial charge in [-0.15, -0.1) is 0 Å². The van der Waals surface area contributed by atoms with Crippen molar-refractivity contribution < 1.29 is 13.2 Å². The Balaban J connectivity index is 2.80. The van der Waals surface area contributed by atoms with Gasteiger partial charge in [0.1, 0.15) is 0 Å². The minimum absolute atomic E-state index is 0.173. The Bertz CT molecular complexity index is 589. The molecule has 0 fully saturated rings. The first-order chi connectivity index (χ1) is 9.22. The Morgan fingerprint density at radius 2 is 1.80 bits per heavy atom. The number of anilines is 1. The van der Waals surface area contributed by atoms with Crippen LogP contribution in [0.25, 0.3) is 0 Å². The van der Waals surface area contributed by atoms with E-state index in [2.05, 4.69) is 16.6 Å². The SMILES string of the molecule is C=C(C)C(=O)Nc1ccc(S(=O)(=O)NCC(C)C)cc1. The maximum absolute atomic E-state index is 12.0. The van der Waals surface area contributed by atoms with E-state index in [1.165, 1.54) is 12.1 Å². The van der Waals surface area contributed by atoms with Crippen molar-refractivity contribution in [2.45, 2.75) is 25.7 Å². The lowest BCUT2D eigenvalue weighted by Crippen LogP contribution is -2.27. The normalized spacial score (nSPS) is 11.4. The molecular formula is C14H20N2O3S. The average molecular weight is 296 g/mol. The lowest BCUT2D eigenvalue weighted by molar-refractivity contribution is -0.112. The second kappa shape index (κ2) is 6.67. The third kappa shape index (κ3) is 4.79. The second-order valence-electron chi connectivity index (χ2n) is 5.00. The topological polar surface area (TPSA) is 75.3 Å². The van der Waals surface area contributed by atoms with Gasteiger partial charge < -0.3 is 5.32 Å². The van der Waals surface area contributed by atoms with E-state index in [0.717, 1.165) is 0 Å². The molecule has 0 atom stereocenters. The minimum Gasteiger partial charge on any atom is -0.322 e. The molecule has 0 unspecified atom stereocenters. The van der Waals surface area contributed by atoms with Gasteiger partial charge in [-0.25, -0.2) is 13.1 Å². The van der Waals surface area contributed by atoms with Crippen LogP contribution in [0.4, 0.5) is 5.69 Å². The summed E-state index contributed by atoms with van der Waals surface area (Å²) in [5, 5.41) is 2.62. The monoisotopic (exact) mass is 296 g/mol. The van der Waals surface area contributed by atoms with Crippen LogP contribution in [0, 0.1) is 5.92 Å². The molecule has 0 saturated carbocycles. The highest BCUT2D eigenvalue weighted by atomic mass is 32.2. The van der Waals surface area contributed by atoms with Crippen LogP contribution in [0.15, 0.2) is 41.3 Å².